The van der Waals surface area contributed by atoms with Crippen LogP contribution in [0.15, 0.2) is 24.3 Å². The van der Waals surface area contributed by atoms with Gasteiger partial charge in [0.2, 0.25) is 0 Å². The van der Waals surface area contributed by atoms with E-state index in [0.29, 0.717) is 6.42 Å². The first-order valence-electron chi connectivity index (χ1n) is 6.98. The molecule has 1 aliphatic rings. The van der Waals surface area contributed by atoms with Crippen LogP contribution in [0.1, 0.15) is 11.4 Å². The molecule has 0 bridgehead atoms. The first kappa shape index (κ1) is 15.5. The van der Waals surface area contributed by atoms with Gasteiger partial charge in [0.1, 0.15) is 5.01 Å². The molecule has 0 N–H and O–H groups in total. The van der Waals surface area contributed by atoms with Crippen molar-refractivity contribution < 1.29 is 14.3 Å². The second kappa shape index (κ2) is 6.79. The highest BCUT2D eigenvalue weighted by molar-refractivity contribution is 7.19. The molecule has 1 atom stereocenters. The van der Waals surface area contributed by atoms with Crippen LogP contribution in [-0.4, -0.2) is 30.7 Å². The molecular formula is C16H14N3O3S-. The van der Waals surface area contributed by atoms with Gasteiger partial charge in [0.25, 0.3) is 0 Å². The maximum atomic E-state index is 12.2. The van der Waals surface area contributed by atoms with Crippen molar-refractivity contribution in [2.24, 2.45) is 0 Å². The predicted octanol–water partition coefficient (Wildman–Crippen LogP) is 1.41. The maximum absolute atomic E-state index is 12.2. The molecule has 1 amide bonds. The van der Waals surface area contributed by atoms with Crippen LogP contribution < -0.4 is 9.93 Å². The largest absolute Gasteiger partial charge is 0.382 e. The zero-order valence-electron chi connectivity index (χ0n) is 12.4. The van der Waals surface area contributed by atoms with Gasteiger partial charge in [0.15, 0.2) is 12.8 Å². The zero-order chi connectivity index (χ0) is 16.2. The predicted molar refractivity (Wildman–Crippen MR) is 85.8 cm³/mol. The normalized spacial score (nSPS) is 20.2. The molecule has 23 heavy (non-hydrogen) atoms. The Morgan fingerprint density at radius 3 is 3.30 bits per heavy atom. The Kier molecular flexibility index (Phi) is 4.57. The Bertz CT molecular complexity index is 873. The molecule has 0 saturated carbocycles. The van der Waals surface area contributed by atoms with Gasteiger partial charge in [-0.15, -0.1) is 17.4 Å². The van der Waals surface area contributed by atoms with E-state index < -0.39 is 6.10 Å². The number of allylic oxidation sites excluding steroid dienone is 1. The molecule has 1 aromatic heterocycles. The molecule has 0 radical (unpaired) electrons. The third-order valence-electron chi connectivity index (χ3n) is 3.30. The monoisotopic (exact) mass is 328 g/mol. The average Bonchev–Trinajstić information content (AvgIpc) is 3.11. The SMILES string of the molecule is COCC1O[CH-][N+](=c2cc3sc(C=CCC#N)nc3c[cH-]2)C1=O. The van der Waals surface area contributed by atoms with Gasteiger partial charge in [-0.2, -0.15) is 17.4 Å². The molecule has 7 heteroatoms. The van der Waals surface area contributed by atoms with E-state index >= 15 is 0 Å². The molecule has 1 saturated heterocycles. The molecule has 1 unspecified atom stereocenters. The van der Waals surface area contributed by atoms with Crippen molar-refractivity contribution in [3.05, 3.63) is 41.4 Å². The van der Waals surface area contributed by atoms with E-state index in [9.17, 15) is 4.79 Å². The van der Waals surface area contributed by atoms with Crippen molar-refractivity contribution in [1.29, 1.82) is 5.26 Å². The van der Waals surface area contributed by atoms with Crippen molar-refractivity contribution in [2.75, 3.05) is 13.7 Å². The topological polar surface area (TPSA) is 75.2 Å². The van der Waals surface area contributed by atoms with Gasteiger partial charge >= 0.3 is 5.91 Å². The molecule has 2 aromatic rings. The lowest BCUT2D eigenvalue weighted by atomic mass is 10.3. The van der Waals surface area contributed by atoms with Gasteiger partial charge in [-0.3, -0.25) is 9.37 Å². The number of ether oxygens (including phenoxy) is 2. The zero-order valence-corrected chi connectivity index (χ0v) is 13.2. The van der Waals surface area contributed by atoms with E-state index in [0.717, 1.165) is 20.6 Å². The molecule has 6 nitrogen and oxygen atoms in total. The van der Waals surface area contributed by atoms with Gasteiger partial charge in [-0.1, -0.05) is 10.8 Å². The standard InChI is InChI=1S/C16H14N3O3S/c1-21-9-13-16(20)19(10-22-13)11-5-6-12-14(8-11)23-15(18-12)4-2-3-7-17/h2,4-6,8,10,13H,3,9H2,1H3/q-1. The molecular weight excluding hydrogens is 314 g/mol. The van der Waals surface area contributed by atoms with Crippen molar-refractivity contribution in [3.63, 3.8) is 0 Å². The summed E-state index contributed by atoms with van der Waals surface area (Å²) in [5.41, 5.74) is 0.858. The number of hydrogen-bond donors (Lipinski definition) is 0. The smallest absolute Gasteiger partial charge is 0.313 e. The number of nitrogens with zero attached hydrogens (tertiary/aromatic N) is 3. The lowest BCUT2D eigenvalue weighted by molar-refractivity contribution is -0.126. The summed E-state index contributed by atoms with van der Waals surface area (Å²) in [6.07, 6.45) is 3.37. The summed E-state index contributed by atoms with van der Waals surface area (Å²) in [5, 5.41) is 10.1. The number of methoxy groups -OCH3 is 1. The van der Waals surface area contributed by atoms with Crippen LogP contribution in [0, 0.1) is 18.1 Å². The fourth-order valence-electron chi connectivity index (χ4n) is 2.21. The Morgan fingerprint density at radius 1 is 1.65 bits per heavy atom. The van der Waals surface area contributed by atoms with E-state index in [1.54, 1.807) is 6.08 Å². The van der Waals surface area contributed by atoms with E-state index in [2.05, 4.69) is 11.1 Å². The molecule has 0 spiro atoms. The van der Waals surface area contributed by atoms with Crippen LogP contribution in [0.25, 0.3) is 16.3 Å². The number of amides is 1. The number of benzene rings is 1. The van der Waals surface area contributed by atoms with Crippen LogP contribution in [0.3, 0.4) is 0 Å². The number of fused-ring (bicyclic) bond motifs is 1. The summed E-state index contributed by atoms with van der Waals surface area (Å²) in [4.78, 5) is 16.7. The van der Waals surface area contributed by atoms with Crippen molar-refractivity contribution in [2.45, 2.75) is 12.5 Å². The van der Waals surface area contributed by atoms with Crippen LogP contribution in [-0.2, 0) is 14.3 Å². The van der Waals surface area contributed by atoms with E-state index in [1.807, 2.05) is 24.3 Å². The summed E-state index contributed by atoms with van der Waals surface area (Å²) in [5.74, 6) is -0.148. The Morgan fingerprint density at radius 2 is 2.52 bits per heavy atom. The minimum Gasteiger partial charge on any atom is -0.382 e. The summed E-state index contributed by atoms with van der Waals surface area (Å²) in [6, 6.07) is 7.66. The number of carbonyl (C=O) groups is 1. The highest BCUT2D eigenvalue weighted by Gasteiger charge is 2.29. The third-order valence-corrected chi connectivity index (χ3v) is 4.28. The minimum absolute atomic E-state index is 0.148. The Labute approximate surface area is 136 Å². The van der Waals surface area contributed by atoms with E-state index in [-0.39, 0.29) is 12.5 Å². The maximum Gasteiger partial charge on any atom is 0.313 e. The molecule has 3 rings (SSSR count). The highest BCUT2D eigenvalue weighted by atomic mass is 32.1. The Hall–Kier alpha value is -2.40. The van der Waals surface area contributed by atoms with Gasteiger partial charge < -0.3 is 14.5 Å². The lowest BCUT2D eigenvalue weighted by Gasteiger charge is -2.04. The van der Waals surface area contributed by atoms with Gasteiger partial charge in [-0.25, -0.2) is 0 Å². The number of thiazole rings is 1. The molecule has 1 aromatic carbocycles. The third kappa shape index (κ3) is 3.19. The summed E-state index contributed by atoms with van der Waals surface area (Å²) in [7, 11) is 1.53. The summed E-state index contributed by atoms with van der Waals surface area (Å²) in [6.45, 7) is 1.64. The van der Waals surface area contributed by atoms with Gasteiger partial charge in [0, 0.05) is 12.5 Å². The van der Waals surface area contributed by atoms with E-state index in [4.69, 9.17) is 14.7 Å². The fraction of sp³-hybridized carbons (Fsp3) is 0.250. The molecule has 1 aliphatic heterocycles. The fourth-order valence-corrected chi connectivity index (χ4v) is 3.15. The average molecular weight is 328 g/mol. The number of rotatable bonds is 4. The van der Waals surface area contributed by atoms with Crippen molar-refractivity contribution >= 4 is 33.5 Å². The number of hydrogen-bond acceptors (Lipinski definition) is 6. The van der Waals surface area contributed by atoms with Crippen LogP contribution in [0.2, 0.25) is 0 Å². The number of nitriles is 1. The minimum atomic E-state index is -0.596. The second-order valence-corrected chi connectivity index (χ2v) is 5.92. The van der Waals surface area contributed by atoms with Crippen LogP contribution in [0.4, 0.5) is 0 Å². The summed E-state index contributed by atoms with van der Waals surface area (Å²) < 4.78 is 12.7. The van der Waals surface area contributed by atoms with Crippen LogP contribution in [0.5, 0.6) is 0 Å². The van der Waals surface area contributed by atoms with Gasteiger partial charge in [-0.05, 0) is 11.6 Å². The summed E-state index contributed by atoms with van der Waals surface area (Å²) >= 11 is 1.51. The van der Waals surface area contributed by atoms with Crippen molar-refractivity contribution in [3.8, 4) is 6.07 Å². The van der Waals surface area contributed by atoms with E-state index in [1.165, 1.54) is 29.8 Å². The highest BCUT2D eigenvalue weighted by Crippen LogP contribution is 2.21. The van der Waals surface area contributed by atoms with Gasteiger partial charge in [0.05, 0.1) is 19.1 Å². The van der Waals surface area contributed by atoms with Crippen molar-refractivity contribution in [1.82, 2.24) is 9.56 Å². The number of aromatic nitrogens is 1. The first-order chi connectivity index (χ1) is 11.2. The molecule has 1 fully saturated rings. The first-order valence-corrected chi connectivity index (χ1v) is 7.79. The number of carbonyl (C=O) groups excluding carboxylic acids is 1. The lowest BCUT2D eigenvalue weighted by Crippen LogP contribution is -2.34. The quantitative estimate of drug-likeness (QED) is 0.626. The molecule has 118 valence electrons. The molecule has 2 heterocycles. The van der Waals surface area contributed by atoms with Crippen LogP contribution >= 0.6 is 11.3 Å². The Balaban J connectivity index is 1.96. The molecule has 0 aliphatic carbocycles. The second-order valence-electron chi connectivity index (χ2n) is 4.86.